The van der Waals surface area contributed by atoms with Crippen LogP contribution in [-0.4, -0.2) is 12.6 Å². The van der Waals surface area contributed by atoms with E-state index in [1.807, 2.05) is 36.4 Å². The van der Waals surface area contributed by atoms with Gasteiger partial charge < -0.3 is 4.74 Å². The van der Waals surface area contributed by atoms with Gasteiger partial charge in [0.25, 0.3) is 0 Å². The number of carbonyl (C=O) groups excluding carboxylic acids is 1. The van der Waals surface area contributed by atoms with Crippen LogP contribution in [0.15, 0.2) is 47.0 Å². The van der Waals surface area contributed by atoms with Gasteiger partial charge in [-0.25, -0.2) is 4.79 Å². The molecule has 18 heavy (non-hydrogen) atoms. The highest BCUT2D eigenvalue weighted by Gasteiger charge is 2.22. The van der Waals surface area contributed by atoms with Crippen LogP contribution < -0.4 is 0 Å². The Kier molecular flexibility index (Phi) is 4.21. The fourth-order valence-electron chi connectivity index (χ4n) is 2.05. The smallest absolute Gasteiger partial charge is 0.334 e. The van der Waals surface area contributed by atoms with Crippen LogP contribution in [0, 0.1) is 0 Å². The number of esters is 1. The van der Waals surface area contributed by atoms with Gasteiger partial charge in [-0.05, 0) is 25.3 Å². The maximum absolute atomic E-state index is 12.0. The predicted octanol–water partition coefficient (Wildman–Crippen LogP) is 3.92. The fourth-order valence-corrected chi connectivity index (χ4v) is 2.39. The first kappa shape index (κ1) is 12.9. The van der Waals surface area contributed by atoms with Gasteiger partial charge in [0, 0.05) is 16.2 Å². The van der Waals surface area contributed by atoms with Crippen LogP contribution in [0.1, 0.15) is 25.3 Å². The maximum Gasteiger partial charge on any atom is 0.334 e. The van der Waals surface area contributed by atoms with Crippen molar-refractivity contribution in [1.29, 1.82) is 0 Å². The molecule has 0 saturated heterocycles. The SMILES string of the molecule is CCOC(=O)C1=C(c2ccccc2)C(Cl)=CCC1. The number of ether oxygens (including phenoxy) is 1. The summed E-state index contributed by atoms with van der Waals surface area (Å²) in [7, 11) is 0. The van der Waals surface area contributed by atoms with Gasteiger partial charge in [-0.3, -0.25) is 0 Å². The lowest BCUT2D eigenvalue weighted by molar-refractivity contribution is -0.138. The van der Waals surface area contributed by atoms with Crippen molar-refractivity contribution in [2.24, 2.45) is 0 Å². The van der Waals surface area contributed by atoms with Crippen molar-refractivity contribution >= 4 is 23.1 Å². The molecule has 0 heterocycles. The number of hydrogen-bond donors (Lipinski definition) is 0. The molecule has 0 fully saturated rings. The first-order valence-corrected chi connectivity index (χ1v) is 6.43. The van der Waals surface area contributed by atoms with E-state index in [0.717, 1.165) is 17.6 Å². The van der Waals surface area contributed by atoms with E-state index in [2.05, 4.69) is 0 Å². The van der Waals surface area contributed by atoms with Crippen molar-refractivity contribution in [3.05, 3.63) is 52.6 Å². The summed E-state index contributed by atoms with van der Waals surface area (Å²) in [5.41, 5.74) is 2.44. The number of allylic oxidation sites excluding steroid dienone is 3. The molecule has 0 aliphatic heterocycles. The normalized spacial score (nSPS) is 15.3. The topological polar surface area (TPSA) is 26.3 Å². The monoisotopic (exact) mass is 262 g/mol. The van der Waals surface area contributed by atoms with E-state index < -0.39 is 0 Å². The van der Waals surface area contributed by atoms with Crippen LogP contribution in [-0.2, 0) is 9.53 Å². The minimum Gasteiger partial charge on any atom is -0.463 e. The fraction of sp³-hybridized carbons (Fsp3) is 0.267. The zero-order valence-corrected chi connectivity index (χ0v) is 11.0. The lowest BCUT2D eigenvalue weighted by Crippen LogP contribution is -2.12. The third-order valence-electron chi connectivity index (χ3n) is 2.84. The molecule has 1 aromatic carbocycles. The van der Waals surface area contributed by atoms with E-state index in [-0.39, 0.29) is 5.97 Å². The van der Waals surface area contributed by atoms with E-state index in [1.165, 1.54) is 0 Å². The molecule has 94 valence electrons. The Morgan fingerprint density at radius 1 is 1.33 bits per heavy atom. The quantitative estimate of drug-likeness (QED) is 0.772. The van der Waals surface area contributed by atoms with Gasteiger partial charge in [-0.15, -0.1) is 0 Å². The molecule has 0 N–H and O–H groups in total. The van der Waals surface area contributed by atoms with Crippen molar-refractivity contribution < 1.29 is 9.53 Å². The minimum atomic E-state index is -0.261. The molecule has 1 aliphatic rings. The molecule has 2 rings (SSSR count). The maximum atomic E-state index is 12.0. The summed E-state index contributed by atoms with van der Waals surface area (Å²) in [6, 6.07) is 9.72. The molecular formula is C15H15ClO2. The summed E-state index contributed by atoms with van der Waals surface area (Å²) in [6.07, 6.45) is 3.41. The Labute approximate surface area is 112 Å². The van der Waals surface area contributed by atoms with Crippen molar-refractivity contribution in [3.63, 3.8) is 0 Å². The van der Waals surface area contributed by atoms with Crippen molar-refractivity contribution in [2.45, 2.75) is 19.8 Å². The average Bonchev–Trinajstić information content (AvgIpc) is 2.39. The standard InChI is InChI=1S/C15H15ClO2/c1-2-18-15(17)12-9-6-10-13(16)14(12)11-7-4-3-5-8-11/h3-5,7-8,10H,2,6,9H2,1H3. The van der Waals surface area contributed by atoms with Crippen molar-refractivity contribution in [3.8, 4) is 0 Å². The van der Waals surface area contributed by atoms with Crippen LogP contribution in [0.2, 0.25) is 0 Å². The number of carbonyl (C=O) groups is 1. The molecule has 1 aliphatic carbocycles. The Morgan fingerprint density at radius 2 is 2.06 bits per heavy atom. The van der Waals surface area contributed by atoms with Crippen LogP contribution >= 0.6 is 11.6 Å². The summed E-state index contributed by atoms with van der Waals surface area (Å²) in [5.74, 6) is -0.261. The molecule has 0 saturated carbocycles. The third kappa shape index (κ3) is 2.65. The number of hydrogen-bond acceptors (Lipinski definition) is 2. The van der Waals surface area contributed by atoms with Gasteiger partial charge in [0.1, 0.15) is 0 Å². The predicted molar refractivity (Wildman–Crippen MR) is 73.2 cm³/mol. The molecule has 0 aromatic heterocycles. The van der Waals surface area contributed by atoms with E-state index in [9.17, 15) is 4.79 Å². The second-order valence-corrected chi connectivity index (χ2v) is 4.44. The molecule has 0 bridgehead atoms. The largest absolute Gasteiger partial charge is 0.463 e. The first-order valence-electron chi connectivity index (χ1n) is 6.05. The molecule has 3 heteroatoms. The second-order valence-electron chi connectivity index (χ2n) is 4.03. The highest BCUT2D eigenvalue weighted by molar-refractivity contribution is 6.38. The van der Waals surface area contributed by atoms with E-state index in [0.29, 0.717) is 23.6 Å². The van der Waals surface area contributed by atoms with Gasteiger partial charge in [0.05, 0.1) is 6.61 Å². The first-order chi connectivity index (χ1) is 8.74. The van der Waals surface area contributed by atoms with Crippen LogP contribution in [0.3, 0.4) is 0 Å². The van der Waals surface area contributed by atoms with E-state index in [1.54, 1.807) is 6.92 Å². The number of benzene rings is 1. The van der Waals surface area contributed by atoms with Crippen molar-refractivity contribution in [1.82, 2.24) is 0 Å². The van der Waals surface area contributed by atoms with E-state index >= 15 is 0 Å². The minimum absolute atomic E-state index is 0.261. The average molecular weight is 263 g/mol. The summed E-state index contributed by atoms with van der Waals surface area (Å²) >= 11 is 6.25. The summed E-state index contributed by atoms with van der Waals surface area (Å²) < 4.78 is 5.10. The number of halogens is 1. The highest BCUT2D eigenvalue weighted by atomic mass is 35.5. The molecule has 0 amide bonds. The summed E-state index contributed by atoms with van der Waals surface area (Å²) in [5, 5.41) is 0.635. The Bertz CT molecular complexity index is 500. The Morgan fingerprint density at radius 3 is 2.72 bits per heavy atom. The van der Waals surface area contributed by atoms with Gasteiger partial charge in [-0.2, -0.15) is 0 Å². The lowest BCUT2D eigenvalue weighted by Gasteiger charge is -2.18. The van der Waals surface area contributed by atoms with Gasteiger partial charge in [0.2, 0.25) is 0 Å². The van der Waals surface area contributed by atoms with Crippen LogP contribution in [0.25, 0.3) is 5.57 Å². The Hall–Kier alpha value is -1.54. The van der Waals surface area contributed by atoms with Gasteiger partial charge in [0.15, 0.2) is 0 Å². The van der Waals surface area contributed by atoms with Gasteiger partial charge in [-0.1, -0.05) is 48.0 Å². The molecule has 2 nitrogen and oxygen atoms in total. The second kappa shape index (κ2) is 5.87. The van der Waals surface area contributed by atoms with Crippen LogP contribution in [0.4, 0.5) is 0 Å². The van der Waals surface area contributed by atoms with E-state index in [4.69, 9.17) is 16.3 Å². The molecule has 1 aromatic rings. The van der Waals surface area contributed by atoms with Crippen molar-refractivity contribution in [2.75, 3.05) is 6.61 Å². The van der Waals surface area contributed by atoms with Gasteiger partial charge >= 0.3 is 5.97 Å². The zero-order chi connectivity index (χ0) is 13.0. The molecule has 0 spiro atoms. The Balaban J connectivity index is 2.47. The molecule has 0 atom stereocenters. The number of rotatable bonds is 3. The summed E-state index contributed by atoms with van der Waals surface area (Å²) in [6.45, 7) is 2.19. The molecule has 0 unspecified atom stereocenters. The third-order valence-corrected chi connectivity index (χ3v) is 3.19. The molecule has 0 radical (unpaired) electrons. The van der Waals surface area contributed by atoms with Crippen LogP contribution in [0.5, 0.6) is 0 Å². The summed E-state index contributed by atoms with van der Waals surface area (Å²) in [4.78, 5) is 12.0. The zero-order valence-electron chi connectivity index (χ0n) is 10.3. The molecular weight excluding hydrogens is 248 g/mol. The highest BCUT2D eigenvalue weighted by Crippen LogP contribution is 2.35. The lowest BCUT2D eigenvalue weighted by atomic mass is 9.92.